The van der Waals surface area contributed by atoms with E-state index in [4.69, 9.17) is 34.7 Å². The molecule has 3 rings (SSSR count). The molecule has 2 heterocycles. The van der Waals surface area contributed by atoms with Crippen LogP contribution < -0.4 is 22.1 Å². The molecule has 0 saturated carbocycles. The average Bonchev–Trinajstić information content (AvgIpc) is 2.85. The Hall–Kier alpha value is -3.88. The summed E-state index contributed by atoms with van der Waals surface area (Å²) in [6.45, 7) is 3.80. The van der Waals surface area contributed by atoms with Gasteiger partial charge in [-0.05, 0) is 55.8 Å². The topological polar surface area (TPSA) is 131 Å². The van der Waals surface area contributed by atoms with E-state index in [2.05, 4.69) is 25.6 Å². The van der Waals surface area contributed by atoms with Crippen molar-refractivity contribution >= 4 is 52.0 Å². The summed E-state index contributed by atoms with van der Waals surface area (Å²) < 4.78 is 0. The smallest absolute Gasteiger partial charge is 0.254 e. The molecule has 186 valence electrons. The van der Waals surface area contributed by atoms with Gasteiger partial charge in [-0.15, -0.1) is 0 Å². The van der Waals surface area contributed by atoms with E-state index < -0.39 is 0 Å². The molecule has 1 amide bonds. The highest BCUT2D eigenvalue weighted by atomic mass is 35.5. The number of carbonyl (C=O) groups is 1. The van der Waals surface area contributed by atoms with Gasteiger partial charge in [0.1, 0.15) is 11.7 Å². The van der Waals surface area contributed by atoms with Crippen LogP contribution in [0.2, 0.25) is 10.0 Å². The summed E-state index contributed by atoms with van der Waals surface area (Å²) in [5.74, 6) is 0.534. The average molecular weight is 524 g/mol. The molecule has 0 aliphatic rings. The first kappa shape index (κ1) is 26.7. The SMILES string of the molecule is CNC(=O)C(=CN)c1cc(/C(=C/C(N)=NC(C)c2ccc(Cl)c(Cl)c2)Nc2cccc(C)n2)ccn1. The molecule has 6 N–H and O–H groups in total. The van der Waals surface area contributed by atoms with Gasteiger partial charge in [0.15, 0.2) is 0 Å². The number of nitrogens with zero attached hydrogens (tertiary/aromatic N) is 3. The quantitative estimate of drug-likeness (QED) is 0.192. The lowest BCUT2D eigenvalue weighted by Gasteiger charge is -2.14. The molecular weight excluding hydrogens is 497 g/mol. The second kappa shape index (κ2) is 12.2. The molecule has 0 bridgehead atoms. The Kier molecular flexibility index (Phi) is 9.05. The summed E-state index contributed by atoms with van der Waals surface area (Å²) in [4.78, 5) is 25.7. The second-order valence-corrected chi connectivity index (χ2v) is 8.65. The minimum atomic E-state index is -0.350. The molecule has 3 aromatic rings. The molecule has 1 atom stereocenters. The number of likely N-dealkylation sites (N-methyl/N-ethyl adjacent to an activating group) is 1. The van der Waals surface area contributed by atoms with Crippen LogP contribution in [0.3, 0.4) is 0 Å². The highest BCUT2D eigenvalue weighted by Crippen LogP contribution is 2.27. The van der Waals surface area contributed by atoms with E-state index in [1.54, 1.807) is 36.5 Å². The number of aromatic nitrogens is 2. The van der Waals surface area contributed by atoms with Crippen LogP contribution in [-0.4, -0.2) is 28.8 Å². The number of aryl methyl sites for hydroxylation is 1. The number of benzene rings is 1. The van der Waals surface area contributed by atoms with Crippen molar-refractivity contribution < 1.29 is 4.79 Å². The molecule has 0 fully saturated rings. The first-order chi connectivity index (χ1) is 17.2. The summed E-state index contributed by atoms with van der Waals surface area (Å²) in [5, 5.41) is 6.77. The third-order valence-corrected chi connectivity index (χ3v) is 5.94. The summed E-state index contributed by atoms with van der Waals surface area (Å²) >= 11 is 12.2. The molecule has 8 nitrogen and oxygen atoms in total. The van der Waals surface area contributed by atoms with Crippen molar-refractivity contribution in [3.63, 3.8) is 0 Å². The van der Waals surface area contributed by atoms with Gasteiger partial charge in [0.05, 0.1) is 33.1 Å². The van der Waals surface area contributed by atoms with Crippen LogP contribution in [0, 0.1) is 6.92 Å². The third-order valence-electron chi connectivity index (χ3n) is 5.20. The van der Waals surface area contributed by atoms with Crippen LogP contribution >= 0.6 is 23.2 Å². The number of amidine groups is 1. The van der Waals surface area contributed by atoms with E-state index in [1.165, 1.54) is 13.2 Å². The highest BCUT2D eigenvalue weighted by Gasteiger charge is 2.14. The van der Waals surface area contributed by atoms with Gasteiger partial charge in [-0.3, -0.25) is 14.8 Å². The first-order valence-corrected chi connectivity index (χ1v) is 11.8. The van der Waals surface area contributed by atoms with Crippen molar-refractivity contribution in [3.05, 3.63) is 99.6 Å². The Bertz CT molecular complexity index is 1350. The van der Waals surface area contributed by atoms with Gasteiger partial charge in [-0.1, -0.05) is 35.3 Å². The normalized spacial score (nSPS) is 13.3. The summed E-state index contributed by atoms with van der Waals surface area (Å²) in [6, 6.07) is 14.2. The lowest BCUT2D eigenvalue weighted by molar-refractivity contribution is -0.115. The molecule has 1 aromatic carbocycles. The number of rotatable bonds is 8. The Morgan fingerprint density at radius 1 is 1.14 bits per heavy atom. The molecule has 0 radical (unpaired) electrons. The maximum Gasteiger partial charge on any atom is 0.254 e. The van der Waals surface area contributed by atoms with Crippen molar-refractivity contribution in [1.29, 1.82) is 0 Å². The third kappa shape index (κ3) is 6.84. The Balaban J connectivity index is 2.03. The minimum Gasteiger partial charge on any atom is -0.404 e. The van der Waals surface area contributed by atoms with Crippen LogP contribution in [0.4, 0.5) is 5.82 Å². The van der Waals surface area contributed by atoms with Gasteiger partial charge in [-0.25, -0.2) is 4.98 Å². The van der Waals surface area contributed by atoms with Crippen LogP contribution in [0.1, 0.15) is 35.5 Å². The number of amides is 1. The number of halogens is 2. The first-order valence-electron chi connectivity index (χ1n) is 11.0. The van der Waals surface area contributed by atoms with Crippen molar-refractivity contribution in [3.8, 4) is 0 Å². The van der Waals surface area contributed by atoms with E-state index in [9.17, 15) is 4.79 Å². The van der Waals surface area contributed by atoms with Crippen molar-refractivity contribution in [2.45, 2.75) is 19.9 Å². The maximum absolute atomic E-state index is 12.2. The van der Waals surface area contributed by atoms with Crippen molar-refractivity contribution in [2.24, 2.45) is 16.5 Å². The zero-order valence-electron chi connectivity index (χ0n) is 20.1. The molecule has 0 aliphatic heterocycles. The second-order valence-electron chi connectivity index (χ2n) is 7.84. The zero-order valence-corrected chi connectivity index (χ0v) is 21.6. The Morgan fingerprint density at radius 2 is 1.92 bits per heavy atom. The minimum absolute atomic E-state index is 0.238. The maximum atomic E-state index is 12.2. The number of nitrogens with one attached hydrogen (secondary N) is 2. The summed E-state index contributed by atoms with van der Waals surface area (Å²) in [5.41, 5.74) is 15.7. The molecule has 0 aliphatic carbocycles. The van der Waals surface area contributed by atoms with Crippen LogP contribution in [0.25, 0.3) is 11.3 Å². The largest absolute Gasteiger partial charge is 0.404 e. The van der Waals surface area contributed by atoms with Gasteiger partial charge >= 0.3 is 0 Å². The Labute approximate surface area is 220 Å². The lowest BCUT2D eigenvalue weighted by Crippen LogP contribution is -2.20. The lowest BCUT2D eigenvalue weighted by atomic mass is 10.1. The monoisotopic (exact) mass is 523 g/mol. The predicted molar refractivity (Wildman–Crippen MR) is 148 cm³/mol. The predicted octanol–water partition coefficient (Wildman–Crippen LogP) is 4.71. The van der Waals surface area contributed by atoms with E-state index in [-0.39, 0.29) is 23.4 Å². The van der Waals surface area contributed by atoms with Crippen LogP contribution in [0.15, 0.2) is 72.0 Å². The molecule has 2 aromatic heterocycles. The molecule has 36 heavy (non-hydrogen) atoms. The van der Waals surface area contributed by atoms with Crippen molar-refractivity contribution in [1.82, 2.24) is 15.3 Å². The fourth-order valence-corrected chi connectivity index (χ4v) is 3.66. The Morgan fingerprint density at radius 3 is 2.58 bits per heavy atom. The fraction of sp³-hybridized carbons (Fsp3) is 0.154. The highest BCUT2D eigenvalue weighted by molar-refractivity contribution is 6.42. The standard InChI is InChI=1S/C26H27Cl2N7O/c1-15-5-4-6-25(33-15)35-22(18-9-10-32-23(12-18)19(14-29)26(36)31-3)13-24(30)34-16(2)17-7-8-20(27)21(28)11-17/h4-14,16H,29H2,1-3H3,(H2,30,34)(H,31,36)(H,33,35)/b19-14?,22-13-. The summed E-state index contributed by atoms with van der Waals surface area (Å²) in [7, 11) is 1.53. The van der Waals surface area contributed by atoms with Gasteiger partial charge < -0.3 is 22.1 Å². The molecule has 0 saturated heterocycles. The number of pyridine rings is 2. The molecule has 1 unspecified atom stereocenters. The van der Waals surface area contributed by atoms with Crippen LogP contribution in [0.5, 0.6) is 0 Å². The molecule has 10 heteroatoms. The van der Waals surface area contributed by atoms with E-state index in [0.29, 0.717) is 32.8 Å². The number of hydrogen-bond acceptors (Lipinski definition) is 6. The van der Waals surface area contributed by atoms with Gasteiger partial charge in [0, 0.05) is 36.8 Å². The van der Waals surface area contributed by atoms with Crippen molar-refractivity contribution in [2.75, 3.05) is 12.4 Å². The number of anilines is 1. The number of hydrogen-bond donors (Lipinski definition) is 4. The number of carbonyl (C=O) groups excluding carboxylic acids is 1. The zero-order chi connectivity index (χ0) is 26.2. The number of nitrogens with two attached hydrogens (primary N) is 2. The van der Waals surface area contributed by atoms with E-state index in [1.807, 2.05) is 38.1 Å². The van der Waals surface area contributed by atoms with Gasteiger partial charge in [-0.2, -0.15) is 0 Å². The van der Waals surface area contributed by atoms with Gasteiger partial charge in [0.25, 0.3) is 5.91 Å². The van der Waals surface area contributed by atoms with Gasteiger partial charge in [0.2, 0.25) is 0 Å². The van der Waals surface area contributed by atoms with Crippen LogP contribution in [-0.2, 0) is 4.79 Å². The fourth-order valence-electron chi connectivity index (χ4n) is 3.36. The summed E-state index contributed by atoms with van der Waals surface area (Å²) in [6.07, 6.45) is 4.50. The van der Waals surface area contributed by atoms with E-state index >= 15 is 0 Å². The van der Waals surface area contributed by atoms with E-state index in [0.717, 1.165) is 11.3 Å². The molecule has 0 spiro atoms. The molecular formula is C26H27Cl2N7O. The number of aliphatic imine (C=N–C) groups is 1.